The van der Waals surface area contributed by atoms with E-state index < -0.39 is 10.0 Å². The van der Waals surface area contributed by atoms with E-state index in [1.807, 2.05) is 18.2 Å². The largest absolute Gasteiger partial charge is 0.298 e. The van der Waals surface area contributed by atoms with Gasteiger partial charge in [-0.2, -0.15) is 0 Å². The predicted octanol–water partition coefficient (Wildman–Crippen LogP) is 4.30. The van der Waals surface area contributed by atoms with Crippen LogP contribution in [0.3, 0.4) is 0 Å². The number of nitrogens with zero attached hydrogens (tertiary/aromatic N) is 2. The first-order chi connectivity index (χ1) is 13.2. The Morgan fingerprint density at radius 1 is 1.18 bits per heavy atom. The number of aromatic nitrogens is 1. The SMILES string of the molecule is CC(C)Sc1cccc(C(=O)Nc2nc3ccc(S(=O)(=O)N(C)C)cc3s2)c1. The van der Waals surface area contributed by atoms with E-state index in [1.54, 1.807) is 30.0 Å². The molecule has 3 aromatic rings. The highest BCUT2D eigenvalue weighted by Gasteiger charge is 2.19. The lowest BCUT2D eigenvalue weighted by atomic mass is 10.2. The molecule has 0 bridgehead atoms. The molecule has 0 spiro atoms. The van der Waals surface area contributed by atoms with Crippen molar-refractivity contribution in [3.63, 3.8) is 0 Å². The van der Waals surface area contributed by atoms with Gasteiger partial charge in [0.25, 0.3) is 5.91 Å². The van der Waals surface area contributed by atoms with Crippen molar-refractivity contribution in [3.05, 3.63) is 48.0 Å². The van der Waals surface area contributed by atoms with E-state index in [2.05, 4.69) is 24.1 Å². The highest BCUT2D eigenvalue weighted by atomic mass is 32.2. The second kappa shape index (κ2) is 8.20. The van der Waals surface area contributed by atoms with Gasteiger partial charge in [0.1, 0.15) is 0 Å². The van der Waals surface area contributed by atoms with E-state index in [1.165, 1.54) is 35.8 Å². The minimum atomic E-state index is -3.52. The Morgan fingerprint density at radius 2 is 1.93 bits per heavy atom. The number of fused-ring (bicyclic) bond motifs is 1. The number of sulfonamides is 1. The van der Waals surface area contributed by atoms with E-state index >= 15 is 0 Å². The van der Waals surface area contributed by atoms with E-state index in [4.69, 9.17) is 0 Å². The molecule has 148 valence electrons. The first-order valence-corrected chi connectivity index (χ1v) is 11.7. The molecule has 0 unspecified atom stereocenters. The van der Waals surface area contributed by atoms with Crippen molar-refractivity contribution in [3.8, 4) is 0 Å². The molecule has 0 aliphatic rings. The third-order valence-electron chi connectivity index (χ3n) is 3.83. The van der Waals surface area contributed by atoms with Gasteiger partial charge in [-0.25, -0.2) is 17.7 Å². The molecule has 0 radical (unpaired) electrons. The van der Waals surface area contributed by atoms with E-state index in [-0.39, 0.29) is 10.8 Å². The van der Waals surface area contributed by atoms with Crippen LogP contribution in [0.15, 0.2) is 52.3 Å². The highest BCUT2D eigenvalue weighted by molar-refractivity contribution is 7.99. The van der Waals surface area contributed by atoms with Crippen molar-refractivity contribution in [2.45, 2.75) is 28.9 Å². The lowest BCUT2D eigenvalue weighted by molar-refractivity contribution is 0.102. The highest BCUT2D eigenvalue weighted by Crippen LogP contribution is 2.29. The van der Waals surface area contributed by atoms with Gasteiger partial charge in [-0.05, 0) is 36.4 Å². The first-order valence-electron chi connectivity index (χ1n) is 8.58. The van der Waals surface area contributed by atoms with Crippen LogP contribution in [0.5, 0.6) is 0 Å². The summed E-state index contributed by atoms with van der Waals surface area (Å²) in [5.41, 5.74) is 1.20. The topological polar surface area (TPSA) is 79.4 Å². The van der Waals surface area contributed by atoms with E-state index in [0.29, 0.717) is 26.2 Å². The number of anilines is 1. The van der Waals surface area contributed by atoms with Gasteiger partial charge < -0.3 is 0 Å². The molecule has 1 heterocycles. The molecule has 0 atom stereocenters. The van der Waals surface area contributed by atoms with Gasteiger partial charge in [0.05, 0.1) is 15.1 Å². The van der Waals surface area contributed by atoms with Crippen LogP contribution in [0.1, 0.15) is 24.2 Å². The molecule has 1 N–H and O–H groups in total. The van der Waals surface area contributed by atoms with Crippen molar-refractivity contribution >= 4 is 54.4 Å². The third-order valence-corrected chi connectivity index (χ3v) is 7.57. The Balaban J connectivity index is 1.84. The van der Waals surface area contributed by atoms with Crippen LogP contribution in [0.2, 0.25) is 0 Å². The molecule has 1 aromatic heterocycles. The Hall–Kier alpha value is -1.94. The van der Waals surface area contributed by atoms with Gasteiger partial charge in [-0.1, -0.05) is 31.3 Å². The number of benzene rings is 2. The summed E-state index contributed by atoms with van der Waals surface area (Å²) in [6.07, 6.45) is 0. The van der Waals surface area contributed by atoms with Crippen molar-refractivity contribution in [1.82, 2.24) is 9.29 Å². The zero-order chi connectivity index (χ0) is 20.5. The van der Waals surface area contributed by atoms with Crippen molar-refractivity contribution in [2.24, 2.45) is 0 Å². The summed E-state index contributed by atoms with van der Waals surface area (Å²) >= 11 is 2.94. The fraction of sp³-hybridized carbons (Fsp3) is 0.263. The molecule has 9 heteroatoms. The number of amides is 1. The summed E-state index contributed by atoms with van der Waals surface area (Å²) in [5.74, 6) is -0.244. The summed E-state index contributed by atoms with van der Waals surface area (Å²) in [6, 6.07) is 12.2. The molecular weight excluding hydrogens is 414 g/mol. The first kappa shape index (κ1) is 20.8. The number of carbonyl (C=O) groups excluding carboxylic acids is 1. The molecule has 0 aliphatic heterocycles. The Morgan fingerprint density at radius 3 is 2.61 bits per heavy atom. The maximum Gasteiger partial charge on any atom is 0.257 e. The number of thiazole rings is 1. The number of thioether (sulfide) groups is 1. The third kappa shape index (κ3) is 4.54. The molecule has 0 saturated carbocycles. The van der Waals surface area contributed by atoms with Crippen LogP contribution in [0.25, 0.3) is 10.2 Å². The lowest BCUT2D eigenvalue weighted by Crippen LogP contribution is -2.22. The van der Waals surface area contributed by atoms with Crippen molar-refractivity contribution < 1.29 is 13.2 Å². The number of hydrogen-bond acceptors (Lipinski definition) is 6. The number of nitrogens with one attached hydrogen (secondary N) is 1. The second-order valence-corrected chi connectivity index (χ2v) is 11.4. The quantitative estimate of drug-likeness (QED) is 0.584. The van der Waals surface area contributed by atoms with E-state index in [0.717, 1.165) is 4.90 Å². The number of rotatable bonds is 6. The second-order valence-electron chi connectivity index (χ2n) is 6.58. The van der Waals surface area contributed by atoms with Gasteiger partial charge in [-0.3, -0.25) is 10.1 Å². The lowest BCUT2D eigenvalue weighted by Gasteiger charge is -2.10. The molecule has 2 aromatic carbocycles. The molecule has 1 amide bonds. The molecule has 6 nitrogen and oxygen atoms in total. The zero-order valence-corrected chi connectivity index (χ0v) is 18.4. The van der Waals surface area contributed by atoms with Crippen LogP contribution in [-0.2, 0) is 10.0 Å². The predicted molar refractivity (Wildman–Crippen MR) is 116 cm³/mol. The van der Waals surface area contributed by atoms with Crippen LogP contribution >= 0.6 is 23.1 Å². The molecular formula is C19H21N3O3S3. The molecule has 3 rings (SSSR count). The Bertz CT molecular complexity index is 1120. The van der Waals surface area contributed by atoms with Gasteiger partial charge >= 0.3 is 0 Å². The number of carbonyl (C=O) groups is 1. The molecule has 0 aliphatic carbocycles. The van der Waals surface area contributed by atoms with Gasteiger partial charge in [0, 0.05) is 29.8 Å². The van der Waals surface area contributed by atoms with Crippen molar-refractivity contribution in [2.75, 3.05) is 19.4 Å². The van der Waals surface area contributed by atoms with Gasteiger partial charge in [0.15, 0.2) is 5.13 Å². The zero-order valence-electron chi connectivity index (χ0n) is 16.0. The molecule has 0 fully saturated rings. The summed E-state index contributed by atoms with van der Waals surface area (Å²) in [6.45, 7) is 4.20. The average Bonchev–Trinajstić information content (AvgIpc) is 3.02. The van der Waals surface area contributed by atoms with Crippen LogP contribution < -0.4 is 5.32 Å². The molecule has 0 saturated heterocycles. The van der Waals surface area contributed by atoms with Crippen LogP contribution in [0, 0.1) is 0 Å². The van der Waals surface area contributed by atoms with Crippen molar-refractivity contribution in [1.29, 1.82) is 0 Å². The van der Waals surface area contributed by atoms with Gasteiger partial charge in [0.2, 0.25) is 10.0 Å². The summed E-state index contributed by atoms with van der Waals surface area (Å²) in [4.78, 5) is 18.2. The monoisotopic (exact) mass is 435 g/mol. The maximum absolute atomic E-state index is 12.6. The van der Waals surface area contributed by atoms with Crippen LogP contribution in [0.4, 0.5) is 5.13 Å². The summed E-state index contributed by atoms with van der Waals surface area (Å²) in [5, 5.41) is 3.67. The summed E-state index contributed by atoms with van der Waals surface area (Å²) < 4.78 is 26.4. The van der Waals surface area contributed by atoms with E-state index in [9.17, 15) is 13.2 Å². The normalized spacial score (nSPS) is 12.1. The Kier molecular flexibility index (Phi) is 6.09. The maximum atomic E-state index is 12.6. The molecule has 28 heavy (non-hydrogen) atoms. The average molecular weight is 436 g/mol. The fourth-order valence-electron chi connectivity index (χ4n) is 2.48. The van der Waals surface area contributed by atoms with Crippen LogP contribution in [-0.4, -0.2) is 43.0 Å². The summed E-state index contributed by atoms with van der Waals surface area (Å²) in [7, 11) is -0.538. The van der Waals surface area contributed by atoms with Gasteiger partial charge in [-0.15, -0.1) is 11.8 Å². The standard InChI is InChI=1S/C19H21N3O3S3/c1-12(2)26-14-7-5-6-13(10-14)18(23)21-19-20-16-9-8-15(11-17(16)27-19)28(24,25)22(3)4/h5-12H,1-4H3,(H,20,21,23). The minimum absolute atomic E-state index is 0.199. The smallest absolute Gasteiger partial charge is 0.257 e. The minimum Gasteiger partial charge on any atom is -0.298 e. The Labute approximate surface area is 173 Å². The fourth-order valence-corrected chi connectivity index (χ4v) is 5.28. The number of hydrogen-bond donors (Lipinski definition) is 1.